The minimum Gasteiger partial charge on any atom is -0.388 e. The topological polar surface area (TPSA) is 45.1 Å². The number of nitrogens with one attached hydrogen (secondary N) is 1. The molecule has 0 aliphatic carbocycles. The van der Waals surface area contributed by atoms with E-state index < -0.39 is 5.60 Å². The summed E-state index contributed by atoms with van der Waals surface area (Å²) in [6, 6.07) is 0. The van der Waals surface area contributed by atoms with Crippen molar-refractivity contribution in [3.63, 3.8) is 0 Å². The van der Waals surface area contributed by atoms with E-state index in [-0.39, 0.29) is 5.41 Å². The summed E-state index contributed by atoms with van der Waals surface area (Å²) in [7, 11) is 0. The normalized spacial score (nSPS) is 15.8. The highest BCUT2D eigenvalue weighted by molar-refractivity contribution is 7.09. The number of hydrogen-bond donors (Lipinski definition) is 2. The predicted octanol–water partition coefficient (Wildman–Crippen LogP) is 2.98. The second-order valence-corrected chi connectivity index (χ2v) is 8.02. The molecule has 1 unspecified atom stereocenters. The lowest BCUT2D eigenvalue weighted by atomic mass is 9.93. The minimum absolute atomic E-state index is 0.0799. The second kappa shape index (κ2) is 6.33. The third-order valence-electron chi connectivity index (χ3n) is 2.91. The van der Waals surface area contributed by atoms with Crippen LogP contribution in [0, 0.1) is 5.92 Å². The summed E-state index contributed by atoms with van der Waals surface area (Å²) in [5.41, 5.74) is 0.455. The highest BCUT2D eigenvalue weighted by Crippen LogP contribution is 2.25. The fraction of sp³-hybridized carbons (Fsp3) is 0.800. The standard InChI is InChI=1S/C15H28N2OS/c1-11(2)8-16-10-15(6,18)7-13-17-12(9-19-13)14(3,4)5/h9,11,16,18H,7-8,10H2,1-6H3. The predicted molar refractivity (Wildman–Crippen MR) is 82.8 cm³/mol. The third-order valence-corrected chi connectivity index (χ3v) is 3.76. The van der Waals surface area contributed by atoms with Gasteiger partial charge < -0.3 is 10.4 Å². The first kappa shape index (κ1) is 16.6. The maximum absolute atomic E-state index is 10.4. The van der Waals surface area contributed by atoms with Crippen LogP contribution in [0.15, 0.2) is 5.38 Å². The zero-order chi connectivity index (χ0) is 14.7. The van der Waals surface area contributed by atoms with Gasteiger partial charge in [-0.2, -0.15) is 0 Å². The molecule has 1 aromatic heterocycles. The molecule has 19 heavy (non-hydrogen) atoms. The van der Waals surface area contributed by atoms with Crippen molar-refractivity contribution in [2.75, 3.05) is 13.1 Å². The Morgan fingerprint density at radius 2 is 1.95 bits per heavy atom. The first-order valence-corrected chi connectivity index (χ1v) is 7.86. The minimum atomic E-state index is -0.734. The number of rotatable bonds is 6. The number of thiazole rings is 1. The van der Waals surface area contributed by atoms with Gasteiger partial charge in [0.1, 0.15) is 0 Å². The summed E-state index contributed by atoms with van der Waals surface area (Å²) in [5.74, 6) is 0.600. The number of aromatic nitrogens is 1. The van der Waals surface area contributed by atoms with Gasteiger partial charge in [0, 0.05) is 23.8 Å². The van der Waals surface area contributed by atoms with E-state index in [1.54, 1.807) is 11.3 Å². The van der Waals surface area contributed by atoms with Crippen molar-refractivity contribution in [3.8, 4) is 0 Å². The molecule has 4 heteroatoms. The van der Waals surface area contributed by atoms with Crippen LogP contribution in [0.5, 0.6) is 0 Å². The van der Waals surface area contributed by atoms with E-state index in [0.29, 0.717) is 18.9 Å². The first-order valence-electron chi connectivity index (χ1n) is 6.98. The fourth-order valence-corrected chi connectivity index (χ4v) is 2.95. The molecule has 0 fully saturated rings. The molecule has 0 saturated heterocycles. The molecule has 0 amide bonds. The SMILES string of the molecule is CC(C)CNCC(C)(O)Cc1nc(C(C)(C)C)cs1. The largest absolute Gasteiger partial charge is 0.388 e. The Bertz CT molecular complexity index is 391. The quantitative estimate of drug-likeness (QED) is 0.844. The molecule has 110 valence electrons. The van der Waals surface area contributed by atoms with Gasteiger partial charge in [0.2, 0.25) is 0 Å². The van der Waals surface area contributed by atoms with Crippen LogP contribution in [0.4, 0.5) is 0 Å². The van der Waals surface area contributed by atoms with Crippen LogP contribution >= 0.6 is 11.3 Å². The molecule has 3 nitrogen and oxygen atoms in total. The lowest BCUT2D eigenvalue weighted by Crippen LogP contribution is -2.40. The molecule has 0 saturated carbocycles. The molecule has 0 aliphatic heterocycles. The van der Waals surface area contributed by atoms with Crippen molar-refractivity contribution in [2.45, 2.75) is 59.0 Å². The van der Waals surface area contributed by atoms with Gasteiger partial charge >= 0.3 is 0 Å². The van der Waals surface area contributed by atoms with E-state index in [4.69, 9.17) is 0 Å². The Kier molecular flexibility index (Phi) is 5.53. The van der Waals surface area contributed by atoms with Gasteiger partial charge in [-0.3, -0.25) is 0 Å². The molecular weight excluding hydrogens is 256 g/mol. The van der Waals surface area contributed by atoms with Crippen LogP contribution in [0.1, 0.15) is 52.2 Å². The zero-order valence-electron chi connectivity index (χ0n) is 13.1. The average molecular weight is 284 g/mol. The van der Waals surface area contributed by atoms with Crippen molar-refractivity contribution in [1.82, 2.24) is 10.3 Å². The van der Waals surface area contributed by atoms with Crippen LogP contribution in [-0.2, 0) is 11.8 Å². The van der Waals surface area contributed by atoms with Gasteiger partial charge in [-0.25, -0.2) is 4.98 Å². The fourth-order valence-electron chi connectivity index (χ4n) is 1.75. The Hall–Kier alpha value is -0.450. The molecule has 1 atom stereocenters. The Morgan fingerprint density at radius 1 is 1.32 bits per heavy atom. The first-order chi connectivity index (χ1) is 8.60. The smallest absolute Gasteiger partial charge is 0.0957 e. The van der Waals surface area contributed by atoms with E-state index in [1.165, 1.54) is 0 Å². The summed E-state index contributed by atoms with van der Waals surface area (Å²) in [6.45, 7) is 14.2. The van der Waals surface area contributed by atoms with E-state index in [9.17, 15) is 5.11 Å². The second-order valence-electron chi connectivity index (χ2n) is 7.07. The lowest BCUT2D eigenvalue weighted by Gasteiger charge is -2.23. The van der Waals surface area contributed by atoms with E-state index in [1.807, 2.05) is 6.92 Å². The van der Waals surface area contributed by atoms with Crippen molar-refractivity contribution < 1.29 is 5.11 Å². The third kappa shape index (κ3) is 6.02. The van der Waals surface area contributed by atoms with Crippen molar-refractivity contribution >= 4 is 11.3 Å². The Labute approximate surface area is 121 Å². The molecule has 0 aliphatic rings. The number of aliphatic hydroxyl groups is 1. The molecule has 1 heterocycles. The van der Waals surface area contributed by atoms with Gasteiger partial charge in [-0.1, -0.05) is 34.6 Å². The summed E-state index contributed by atoms with van der Waals surface area (Å²) in [5, 5.41) is 16.8. The number of nitrogens with zero attached hydrogens (tertiary/aromatic N) is 1. The van der Waals surface area contributed by atoms with Crippen LogP contribution in [0.2, 0.25) is 0 Å². The van der Waals surface area contributed by atoms with E-state index in [0.717, 1.165) is 17.2 Å². The van der Waals surface area contributed by atoms with E-state index in [2.05, 4.69) is 50.3 Å². The monoisotopic (exact) mass is 284 g/mol. The molecular formula is C15H28N2OS. The lowest BCUT2D eigenvalue weighted by molar-refractivity contribution is 0.0594. The van der Waals surface area contributed by atoms with Crippen molar-refractivity contribution in [1.29, 1.82) is 0 Å². The molecule has 2 N–H and O–H groups in total. The zero-order valence-corrected chi connectivity index (χ0v) is 13.9. The van der Waals surface area contributed by atoms with Gasteiger partial charge in [0.05, 0.1) is 16.3 Å². The highest BCUT2D eigenvalue weighted by atomic mass is 32.1. The summed E-state index contributed by atoms with van der Waals surface area (Å²) in [4.78, 5) is 4.64. The maximum Gasteiger partial charge on any atom is 0.0957 e. The summed E-state index contributed by atoms with van der Waals surface area (Å²) in [6.07, 6.45) is 0.610. The molecule has 0 spiro atoms. The van der Waals surface area contributed by atoms with Gasteiger partial charge in [-0.05, 0) is 19.4 Å². The Morgan fingerprint density at radius 3 is 2.42 bits per heavy atom. The van der Waals surface area contributed by atoms with E-state index >= 15 is 0 Å². The van der Waals surface area contributed by atoms with Gasteiger partial charge in [0.25, 0.3) is 0 Å². The average Bonchev–Trinajstić information content (AvgIpc) is 2.63. The summed E-state index contributed by atoms with van der Waals surface area (Å²) >= 11 is 1.64. The molecule has 0 bridgehead atoms. The molecule has 0 radical (unpaired) electrons. The maximum atomic E-state index is 10.4. The molecule has 0 aromatic carbocycles. The van der Waals surface area contributed by atoms with Crippen LogP contribution in [0.25, 0.3) is 0 Å². The van der Waals surface area contributed by atoms with Gasteiger partial charge in [-0.15, -0.1) is 11.3 Å². The van der Waals surface area contributed by atoms with Crippen LogP contribution in [0.3, 0.4) is 0 Å². The van der Waals surface area contributed by atoms with Crippen molar-refractivity contribution in [2.24, 2.45) is 5.92 Å². The molecule has 1 aromatic rings. The van der Waals surface area contributed by atoms with Crippen LogP contribution in [-0.4, -0.2) is 28.8 Å². The van der Waals surface area contributed by atoms with Crippen LogP contribution < -0.4 is 5.32 Å². The van der Waals surface area contributed by atoms with Gasteiger partial charge in [0.15, 0.2) is 0 Å². The molecule has 1 rings (SSSR count). The Balaban J connectivity index is 2.55. The highest BCUT2D eigenvalue weighted by Gasteiger charge is 2.24. The van der Waals surface area contributed by atoms with Crippen molar-refractivity contribution in [3.05, 3.63) is 16.1 Å². The number of hydrogen-bond acceptors (Lipinski definition) is 4. The summed E-state index contributed by atoms with van der Waals surface area (Å²) < 4.78 is 0.